The number of halogens is 4. The van der Waals surface area contributed by atoms with Crippen LogP contribution < -0.4 is 40.0 Å². The second-order valence-electron chi connectivity index (χ2n) is 30.1. The van der Waals surface area contributed by atoms with E-state index in [1.807, 2.05) is 84.3 Å². The number of phenols is 1. The maximum absolute atomic E-state index is 13.1. The first-order valence-electron chi connectivity index (χ1n) is 38.6. The smallest absolute Gasteiger partial charge is 0.416 e. The molecule has 0 aliphatic carbocycles. The van der Waals surface area contributed by atoms with Crippen molar-refractivity contribution >= 4 is 41.5 Å². The molecule has 0 unspecified atom stereocenters. The lowest BCUT2D eigenvalue weighted by Gasteiger charge is -2.30. The molecule has 4 aliphatic rings. The molecule has 0 bridgehead atoms. The summed E-state index contributed by atoms with van der Waals surface area (Å²) in [5.74, 6) is 3.63. The molecule has 0 radical (unpaired) electrons. The van der Waals surface area contributed by atoms with Crippen LogP contribution in [0.3, 0.4) is 0 Å². The van der Waals surface area contributed by atoms with E-state index in [-0.39, 0.29) is 47.8 Å². The van der Waals surface area contributed by atoms with Gasteiger partial charge in [0.25, 0.3) is 0 Å². The Bertz CT molecular complexity index is 5410. The second kappa shape index (κ2) is 39.3. The highest BCUT2D eigenvalue weighted by atomic mass is 19.1. The minimum atomic E-state index is -0.559. The minimum absolute atomic E-state index is 0.0500. The lowest BCUT2D eigenvalue weighted by molar-refractivity contribution is 0.0565. The molecule has 23 nitrogen and oxygen atoms in total. The quantitative estimate of drug-likeness (QED) is 0.0736. The first-order chi connectivity index (χ1) is 56.8. The molecule has 118 heavy (non-hydrogen) atoms. The monoisotopic (exact) mass is 1600 g/mol. The van der Waals surface area contributed by atoms with Crippen LogP contribution in [0.4, 0.5) is 55.2 Å². The van der Waals surface area contributed by atoms with Crippen molar-refractivity contribution in [2.24, 2.45) is 5.73 Å². The Morgan fingerprint density at radius 3 is 1.05 bits per heavy atom. The molecule has 0 saturated heterocycles. The number of hydrogen-bond acceptors (Lipinski definition) is 19. The largest absolute Gasteiger partial charge is 0.508 e. The van der Waals surface area contributed by atoms with Crippen LogP contribution in [0.25, 0.3) is 44.5 Å². The van der Waals surface area contributed by atoms with E-state index >= 15 is 0 Å². The first-order valence-corrected chi connectivity index (χ1v) is 38.6. The maximum Gasteiger partial charge on any atom is 0.416 e. The van der Waals surface area contributed by atoms with Crippen molar-refractivity contribution in [3.05, 3.63) is 288 Å². The van der Waals surface area contributed by atoms with Crippen molar-refractivity contribution < 1.29 is 65.8 Å². The van der Waals surface area contributed by atoms with E-state index in [0.717, 1.165) is 147 Å². The van der Waals surface area contributed by atoms with Gasteiger partial charge in [0.15, 0.2) is 0 Å². The third-order valence-electron chi connectivity index (χ3n) is 18.6. The van der Waals surface area contributed by atoms with Crippen LogP contribution in [0.5, 0.6) is 23.0 Å². The van der Waals surface area contributed by atoms with Crippen LogP contribution in [-0.2, 0) is 61.6 Å². The molecule has 0 saturated carbocycles. The number of aliphatic hydroxyl groups excluding tert-OH is 1. The number of ether oxygens (including phenoxy) is 5. The number of urea groups is 1. The van der Waals surface area contributed by atoms with Crippen molar-refractivity contribution in [1.82, 2.24) is 39.9 Å². The third-order valence-corrected chi connectivity index (χ3v) is 18.6. The summed E-state index contributed by atoms with van der Waals surface area (Å²) >= 11 is 0. The molecule has 27 heteroatoms. The Morgan fingerprint density at radius 2 is 0.703 bits per heavy atom. The predicted octanol–water partition coefficient (Wildman–Crippen LogP) is 18.3. The molecule has 12 aromatic rings. The number of benzene rings is 4. The summed E-state index contributed by atoms with van der Waals surface area (Å²) in [6.07, 6.45) is 27.7. The summed E-state index contributed by atoms with van der Waals surface area (Å²) in [6.45, 7) is 14.9. The minimum Gasteiger partial charge on any atom is -0.508 e. The summed E-state index contributed by atoms with van der Waals surface area (Å²) in [5.41, 5.74) is 19.7. The molecule has 12 heterocycles. The number of pyridine rings is 8. The number of aliphatic hydroxyl groups is 1. The van der Waals surface area contributed by atoms with Gasteiger partial charge in [0.05, 0.1) is 6.61 Å². The zero-order valence-electron chi connectivity index (χ0n) is 66.3. The van der Waals surface area contributed by atoms with Gasteiger partial charge in [-0.1, -0.05) is 0 Å². The molecule has 0 atom stereocenters. The van der Waals surface area contributed by atoms with E-state index in [0.29, 0.717) is 74.2 Å². The van der Waals surface area contributed by atoms with Crippen LogP contribution in [0.2, 0.25) is 0 Å². The maximum atomic E-state index is 13.1. The second-order valence-corrected chi connectivity index (χ2v) is 30.1. The molecule has 8 aromatic heterocycles. The number of nitrogens with two attached hydrogens (primary N) is 1. The number of nitrogens with zero attached hydrogens (tertiary/aromatic N) is 11. The highest BCUT2D eigenvalue weighted by Gasteiger charge is 2.31. The Morgan fingerprint density at radius 1 is 0.398 bits per heavy atom. The molecule has 4 amide bonds. The number of aromatic hydroxyl groups is 1. The first kappa shape index (κ1) is 84.0. The number of phenolic OH excluding ortho intramolecular Hbond substituents is 1. The Labute approximate surface area is 681 Å². The summed E-state index contributed by atoms with van der Waals surface area (Å²) in [4.78, 5) is 76.5. The van der Waals surface area contributed by atoms with E-state index in [1.54, 1.807) is 108 Å². The average molecular weight is 1600 g/mol. The van der Waals surface area contributed by atoms with Gasteiger partial charge < -0.3 is 44.9 Å². The van der Waals surface area contributed by atoms with Crippen molar-refractivity contribution in [3.63, 3.8) is 0 Å². The number of carbonyl (C=O) groups excluding carboxylic acids is 3. The molecule has 0 fully saturated rings. The number of carbonyl (C=O) groups is 3. The van der Waals surface area contributed by atoms with Crippen molar-refractivity contribution in [2.75, 3.05) is 46.2 Å². The third kappa shape index (κ3) is 23.9. The lowest BCUT2D eigenvalue weighted by Crippen LogP contribution is -2.40. The fraction of sp³-hybridized carbons (Fsp3) is 0.264. The van der Waals surface area contributed by atoms with Gasteiger partial charge in [-0.15, -0.1) is 0 Å². The Kier molecular flexibility index (Phi) is 28.0. The van der Waals surface area contributed by atoms with Crippen molar-refractivity contribution in [1.29, 1.82) is 0 Å². The number of anilines is 4. The normalized spacial score (nSPS) is 13.1. The van der Waals surface area contributed by atoms with Crippen molar-refractivity contribution in [3.8, 4) is 67.5 Å². The summed E-state index contributed by atoms with van der Waals surface area (Å²) in [5, 5.41) is 21.2. The van der Waals surface area contributed by atoms with Gasteiger partial charge in [0.1, 0.15) is 101 Å². The van der Waals surface area contributed by atoms with Gasteiger partial charge in [-0.3, -0.25) is 34.6 Å². The van der Waals surface area contributed by atoms with Crippen LogP contribution in [-0.4, -0.2) is 106 Å². The molecule has 608 valence electrons. The number of hydrogen-bond donors (Lipinski definition) is 4. The number of aryl methyl sites for hydroxylation is 4. The Balaban J connectivity index is 0.000000140. The molecule has 4 aromatic carbocycles. The van der Waals surface area contributed by atoms with Crippen LogP contribution >= 0.6 is 0 Å². The zero-order valence-corrected chi connectivity index (χ0v) is 66.3. The summed E-state index contributed by atoms with van der Waals surface area (Å²) in [7, 11) is 0. The lowest BCUT2D eigenvalue weighted by atomic mass is 10.0. The fourth-order valence-corrected chi connectivity index (χ4v) is 13.0. The highest BCUT2D eigenvalue weighted by Crippen LogP contribution is 2.36. The molecule has 5 N–H and O–H groups in total. The van der Waals surface area contributed by atoms with E-state index < -0.39 is 17.2 Å². The van der Waals surface area contributed by atoms with E-state index in [4.69, 9.17) is 34.5 Å². The van der Waals surface area contributed by atoms with Gasteiger partial charge in [-0.2, -0.15) is 0 Å². The number of aromatic nitrogens is 8. The van der Waals surface area contributed by atoms with Gasteiger partial charge >= 0.3 is 18.2 Å². The molecular formula is C91H91F4N13O10. The van der Waals surface area contributed by atoms with Gasteiger partial charge in [0.2, 0.25) is 0 Å². The number of rotatable bonds is 14. The van der Waals surface area contributed by atoms with Crippen LogP contribution in [0.1, 0.15) is 112 Å². The average Bonchev–Trinajstić information content (AvgIpc) is 0.799. The predicted molar refractivity (Wildman–Crippen MR) is 442 cm³/mol. The Hall–Kier alpha value is -13.4. The van der Waals surface area contributed by atoms with Crippen LogP contribution in [0, 0.1) is 23.3 Å². The van der Waals surface area contributed by atoms with E-state index in [9.17, 15) is 37.1 Å². The standard InChI is InChI=1S/C25H26FN3O3.C21H19FN4O2.C20H18FN3O.C19H23N3O3.C6H5FO/c1-25(2,3)32-24(30)29-10-4-5-18-12-20(15-28-23(18)29)19-11-17(13-27-14-19)16-31-22-8-6-21(26)7-9-22;22-18-3-5-19(6-4-18)28-13-14-8-16(11-24-10-14)17-9-15-2-1-7-26(21(23)27)20(15)25-12-17;21-18-3-5-19(6-4-18)25-13-14-8-16(11-22-10-14)17-9-15-2-1-7-23-20(15)24-12-17;1-19(2,3)25-18(24)22-6-4-5-14-8-16(11-21-17(14)22)15-7-13(12-23)9-20-10-15;7-5-1-3-6(8)4-2-5/h6-9,11-15H,4-5,10,16H2,1-3H3;3-6,8-12H,1-2,7,13H2,(H2,23,27);3-6,8-12H,1-2,7,13H2,(H,23,24);7-11,23H,4-6,12H2,1-3H3;1-4,8H. The molecular weight excluding hydrogens is 1510 g/mol. The highest BCUT2D eigenvalue weighted by molar-refractivity contribution is 5.92. The molecule has 4 aliphatic heterocycles. The van der Waals surface area contributed by atoms with E-state index in [2.05, 4.69) is 63.4 Å². The van der Waals surface area contributed by atoms with Gasteiger partial charge in [0, 0.05) is 162 Å². The number of primary amides is 1. The zero-order chi connectivity index (χ0) is 83.3. The van der Waals surface area contributed by atoms with Crippen LogP contribution in [0.15, 0.2) is 220 Å². The van der Waals surface area contributed by atoms with Gasteiger partial charge in [-0.25, -0.2) is 51.9 Å². The van der Waals surface area contributed by atoms with E-state index in [1.165, 1.54) is 71.1 Å². The number of amides is 4. The molecule has 0 spiro atoms. The van der Waals surface area contributed by atoms with Crippen molar-refractivity contribution in [2.45, 2.75) is 131 Å². The summed E-state index contributed by atoms with van der Waals surface area (Å²) < 4.78 is 79.1. The fourth-order valence-electron chi connectivity index (χ4n) is 13.0. The summed E-state index contributed by atoms with van der Waals surface area (Å²) in [6, 6.07) is 38.6. The topological polar surface area (TPSA) is 289 Å². The SMILES string of the molecule is CC(C)(C)OC(=O)N1CCCc2cc(-c3cncc(CO)c3)cnc21.CC(C)(C)OC(=O)N1CCCc2cc(-c3cncc(COc4ccc(F)cc4)c3)cnc21.Fc1ccc(OCc2cncc(-c3cnc4c(c3)CCCN4)c2)cc1.NC(=O)N1CCCc2cc(-c3cncc(COc4ccc(F)cc4)c3)cnc21.Oc1ccc(F)cc1. The number of fused-ring (bicyclic) bond motifs is 4. The molecule has 16 rings (SSSR count). The van der Waals surface area contributed by atoms with Gasteiger partial charge in [-0.05, 0) is 266 Å². The number of nitrogens with one attached hydrogen (secondary N) is 1.